The number of methoxy groups -OCH3 is 1. The third-order valence-electron chi connectivity index (χ3n) is 2.05. The Labute approximate surface area is 130 Å². The summed E-state index contributed by atoms with van der Waals surface area (Å²) >= 11 is 0. The van der Waals surface area contributed by atoms with Crippen LogP contribution >= 0.6 is 24.0 Å². The highest BCUT2D eigenvalue weighted by Gasteiger charge is 2.18. The Bertz CT molecular complexity index is 280. The van der Waals surface area contributed by atoms with Crippen LogP contribution in [0.1, 0.15) is 27.7 Å². The topological polar surface area (TPSA) is 76.7 Å². The van der Waals surface area contributed by atoms with E-state index in [4.69, 9.17) is 10.5 Å². The Kier molecular flexibility index (Phi) is 11.3. The number of rotatable bonds is 6. The van der Waals surface area contributed by atoms with Gasteiger partial charge in [-0.15, -0.1) is 24.0 Å². The highest BCUT2D eigenvalue weighted by Crippen LogP contribution is 2.10. The standard InChI is InChI=1S/C11H25N3O2S.HI/c1-9(8-16-5)14-10(12)13-6-7-17(15)11(2,3)4;/h9H,6-8H2,1-5H3,(H3,12,13,14);1H. The number of hydrogen-bond donors (Lipinski definition) is 2. The van der Waals surface area contributed by atoms with Gasteiger partial charge in [0, 0.05) is 34.5 Å². The molecule has 0 aromatic heterocycles. The maximum Gasteiger partial charge on any atom is 0.188 e. The van der Waals surface area contributed by atoms with Crippen molar-refractivity contribution in [3.05, 3.63) is 0 Å². The Hall–Kier alpha value is 0.110. The van der Waals surface area contributed by atoms with Gasteiger partial charge in [-0.1, -0.05) is 0 Å². The van der Waals surface area contributed by atoms with Crippen LogP contribution in [0.2, 0.25) is 0 Å². The summed E-state index contributed by atoms with van der Waals surface area (Å²) in [7, 11) is 0.752. The van der Waals surface area contributed by atoms with Crippen LogP contribution in [0.5, 0.6) is 0 Å². The van der Waals surface area contributed by atoms with Gasteiger partial charge < -0.3 is 15.8 Å². The van der Waals surface area contributed by atoms with Gasteiger partial charge in [-0.2, -0.15) is 0 Å². The van der Waals surface area contributed by atoms with Crippen LogP contribution in [-0.4, -0.2) is 47.0 Å². The third kappa shape index (κ3) is 10.1. The van der Waals surface area contributed by atoms with Crippen LogP contribution in [0.15, 0.2) is 4.99 Å². The first-order chi connectivity index (χ1) is 7.77. The SMILES string of the molecule is COCC(C)NC(N)=NCCS(=O)C(C)(C)C.I. The molecule has 0 heterocycles. The second-order valence-electron chi connectivity index (χ2n) is 4.93. The van der Waals surface area contributed by atoms with Gasteiger partial charge in [0.1, 0.15) is 0 Å². The van der Waals surface area contributed by atoms with E-state index in [1.54, 1.807) is 7.11 Å². The van der Waals surface area contributed by atoms with Gasteiger partial charge in [0.2, 0.25) is 0 Å². The summed E-state index contributed by atoms with van der Waals surface area (Å²) in [4.78, 5) is 4.13. The maximum atomic E-state index is 11.7. The lowest BCUT2D eigenvalue weighted by molar-refractivity contribution is 0.179. The molecule has 0 aliphatic carbocycles. The van der Waals surface area contributed by atoms with Crippen molar-refractivity contribution in [3.63, 3.8) is 0 Å². The molecule has 0 aromatic carbocycles. The molecule has 18 heavy (non-hydrogen) atoms. The van der Waals surface area contributed by atoms with E-state index in [2.05, 4.69) is 10.3 Å². The zero-order valence-corrected chi connectivity index (χ0v) is 15.0. The Balaban J connectivity index is 0. The summed E-state index contributed by atoms with van der Waals surface area (Å²) in [6.07, 6.45) is 0. The third-order valence-corrected chi connectivity index (χ3v) is 3.97. The summed E-state index contributed by atoms with van der Waals surface area (Å²) in [5.41, 5.74) is 5.68. The molecule has 2 unspecified atom stereocenters. The van der Waals surface area contributed by atoms with Gasteiger partial charge in [0.05, 0.1) is 13.2 Å². The van der Waals surface area contributed by atoms with Crippen molar-refractivity contribution >= 4 is 40.7 Å². The van der Waals surface area contributed by atoms with E-state index < -0.39 is 10.8 Å². The molecule has 0 saturated carbocycles. The molecule has 0 saturated heterocycles. The molecule has 0 rings (SSSR count). The molecule has 0 amide bonds. The molecule has 0 spiro atoms. The second kappa shape index (κ2) is 9.96. The minimum atomic E-state index is -0.885. The smallest absolute Gasteiger partial charge is 0.188 e. The predicted octanol–water partition coefficient (Wildman–Crippen LogP) is 1.09. The quantitative estimate of drug-likeness (QED) is 0.404. The molecular weight excluding hydrogens is 365 g/mol. The van der Waals surface area contributed by atoms with Crippen molar-refractivity contribution in [2.75, 3.05) is 26.0 Å². The molecule has 0 radical (unpaired) electrons. The van der Waals surface area contributed by atoms with E-state index in [-0.39, 0.29) is 34.8 Å². The van der Waals surface area contributed by atoms with Crippen molar-refractivity contribution in [1.82, 2.24) is 5.32 Å². The average molecular weight is 391 g/mol. The number of guanidine groups is 1. The average Bonchev–Trinajstić information content (AvgIpc) is 2.16. The van der Waals surface area contributed by atoms with Crippen LogP contribution < -0.4 is 11.1 Å². The number of aliphatic imine (C=N–C) groups is 1. The van der Waals surface area contributed by atoms with Gasteiger partial charge in [0.15, 0.2) is 5.96 Å². The summed E-state index contributed by atoms with van der Waals surface area (Å²) in [5, 5.41) is 3.00. The molecule has 0 aliphatic rings. The van der Waals surface area contributed by atoms with Crippen molar-refractivity contribution in [2.45, 2.75) is 38.5 Å². The van der Waals surface area contributed by atoms with Gasteiger partial charge in [-0.25, -0.2) is 0 Å². The first-order valence-corrected chi connectivity index (χ1v) is 7.03. The van der Waals surface area contributed by atoms with Crippen molar-refractivity contribution < 1.29 is 8.95 Å². The van der Waals surface area contributed by atoms with Crippen molar-refractivity contribution in [3.8, 4) is 0 Å². The molecule has 0 fully saturated rings. The first kappa shape index (κ1) is 20.4. The second-order valence-corrected chi connectivity index (χ2v) is 7.25. The zero-order valence-electron chi connectivity index (χ0n) is 11.9. The van der Waals surface area contributed by atoms with Crippen LogP contribution in [0.4, 0.5) is 0 Å². The normalized spacial score (nSPS) is 15.7. The van der Waals surface area contributed by atoms with Crippen LogP contribution in [0, 0.1) is 0 Å². The minimum Gasteiger partial charge on any atom is -0.383 e. The van der Waals surface area contributed by atoms with E-state index in [1.165, 1.54) is 0 Å². The Morgan fingerprint density at radius 3 is 2.50 bits per heavy atom. The van der Waals surface area contributed by atoms with Gasteiger partial charge in [0.25, 0.3) is 0 Å². The molecule has 0 aliphatic heterocycles. The Morgan fingerprint density at radius 1 is 1.50 bits per heavy atom. The van der Waals surface area contributed by atoms with E-state index in [0.29, 0.717) is 24.9 Å². The fourth-order valence-corrected chi connectivity index (χ4v) is 2.01. The lowest BCUT2D eigenvalue weighted by atomic mass is 10.3. The van der Waals surface area contributed by atoms with Gasteiger partial charge >= 0.3 is 0 Å². The molecule has 7 heteroatoms. The number of nitrogens with zero attached hydrogens (tertiary/aromatic N) is 1. The fraction of sp³-hybridized carbons (Fsp3) is 0.909. The van der Waals surface area contributed by atoms with E-state index >= 15 is 0 Å². The largest absolute Gasteiger partial charge is 0.383 e. The number of ether oxygens (including phenoxy) is 1. The Morgan fingerprint density at radius 2 is 2.06 bits per heavy atom. The monoisotopic (exact) mass is 391 g/mol. The predicted molar refractivity (Wildman–Crippen MR) is 89.1 cm³/mol. The fourth-order valence-electron chi connectivity index (χ4n) is 1.14. The summed E-state index contributed by atoms with van der Waals surface area (Å²) < 4.78 is 16.5. The molecule has 2 atom stereocenters. The van der Waals surface area contributed by atoms with Crippen LogP contribution in [0.25, 0.3) is 0 Å². The number of nitrogens with two attached hydrogens (primary N) is 1. The lowest BCUT2D eigenvalue weighted by Crippen LogP contribution is -2.41. The van der Waals surface area contributed by atoms with Gasteiger partial charge in [-0.3, -0.25) is 9.20 Å². The number of halogens is 1. The van der Waals surface area contributed by atoms with Crippen LogP contribution in [0.3, 0.4) is 0 Å². The number of nitrogens with one attached hydrogen (secondary N) is 1. The molecule has 3 N–H and O–H groups in total. The van der Waals surface area contributed by atoms with Crippen molar-refractivity contribution in [1.29, 1.82) is 0 Å². The van der Waals surface area contributed by atoms with E-state index in [0.717, 1.165) is 0 Å². The summed E-state index contributed by atoms with van der Waals surface area (Å²) in [6.45, 7) is 8.87. The maximum absolute atomic E-state index is 11.7. The zero-order chi connectivity index (χ0) is 13.5. The highest BCUT2D eigenvalue weighted by atomic mass is 127. The number of hydrogen-bond acceptors (Lipinski definition) is 3. The molecule has 0 aromatic rings. The minimum absolute atomic E-state index is 0. The van der Waals surface area contributed by atoms with E-state index in [9.17, 15) is 4.21 Å². The summed E-state index contributed by atoms with van der Waals surface area (Å²) in [6, 6.07) is 0.122. The molecular formula is C11H26IN3O2S. The molecule has 0 bridgehead atoms. The van der Waals surface area contributed by atoms with Gasteiger partial charge in [-0.05, 0) is 27.7 Å². The molecule has 5 nitrogen and oxygen atoms in total. The highest BCUT2D eigenvalue weighted by molar-refractivity contribution is 14.0. The lowest BCUT2D eigenvalue weighted by Gasteiger charge is -2.17. The van der Waals surface area contributed by atoms with Crippen LogP contribution in [-0.2, 0) is 15.5 Å². The summed E-state index contributed by atoms with van der Waals surface area (Å²) in [5.74, 6) is 0.908. The van der Waals surface area contributed by atoms with Crippen molar-refractivity contribution in [2.24, 2.45) is 10.7 Å². The molecule has 110 valence electrons. The van der Waals surface area contributed by atoms with E-state index in [1.807, 2.05) is 27.7 Å². The first-order valence-electron chi connectivity index (χ1n) is 5.71.